The van der Waals surface area contributed by atoms with Crippen molar-refractivity contribution in [3.05, 3.63) is 18.2 Å². The van der Waals surface area contributed by atoms with Crippen LogP contribution in [0.15, 0.2) is 23.1 Å². The molecule has 0 radical (unpaired) electrons. The molecule has 1 unspecified atom stereocenters. The number of nitrogens with zero attached hydrogens (tertiary/aromatic N) is 1. The van der Waals surface area contributed by atoms with Crippen molar-refractivity contribution >= 4 is 23.6 Å². The highest BCUT2D eigenvalue weighted by Crippen LogP contribution is 2.34. The van der Waals surface area contributed by atoms with Gasteiger partial charge in [-0.15, -0.1) is 11.8 Å². The lowest BCUT2D eigenvalue weighted by molar-refractivity contribution is -0.148. The summed E-state index contributed by atoms with van der Waals surface area (Å²) in [4.78, 5) is 25.0. The highest BCUT2D eigenvalue weighted by molar-refractivity contribution is 7.99. The average Bonchev–Trinajstić information content (AvgIpc) is 2.53. The molecule has 0 fully saturated rings. The zero-order valence-electron chi connectivity index (χ0n) is 12.6. The third kappa shape index (κ3) is 4.07. The van der Waals surface area contributed by atoms with E-state index in [0.29, 0.717) is 19.0 Å². The van der Waals surface area contributed by atoms with E-state index in [1.54, 1.807) is 0 Å². The van der Waals surface area contributed by atoms with Crippen molar-refractivity contribution in [2.24, 2.45) is 0 Å². The van der Waals surface area contributed by atoms with Gasteiger partial charge in [0.2, 0.25) is 5.91 Å². The lowest BCUT2D eigenvalue weighted by atomic mass is 10.3. The van der Waals surface area contributed by atoms with Gasteiger partial charge in [-0.1, -0.05) is 0 Å². The van der Waals surface area contributed by atoms with Crippen molar-refractivity contribution in [2.75, 3.05) is 26.0 Å². The number of fused-ring (bicyclic) bond motifs is 1. The van der Waals surface area contributed by atoms with E-state index < -0.39 is 12.0 Å². The predicted molar refractivity (Wildman–Crippen MR) is 82.6 cm³/mol. The highest BCUT2D eigenvalue weighted by atomic mass is 32.2. The molecular weight excluding hydrogens is 306 g/mol. The Morgan fingerprint density at radius 3 is 2.68 bits per heavy atom. The largest absolute Gasteiger partial charge is 0.486 e. The molecule has 0 saturated carbocycles. The molecule has 2 rings (SSSR count). The Morgan fingerprint density at radius 2 is 2.00 bits per heavy atom. The summed E-state index contributed by atoms with van der Waals surface area (Å²) in [7, 11) is 1.51. The first-order valence-electron chi connectivity index (χ1n) is 7.00. The minimum atomic E-state index is -1.00. The van der Waals surface area contributed by atoms with Gasteiger partial charge in [-0.3, -0.25) is 4.79 Å². The number of ether oxygens (including phenoxy) is 2. The second-order valence-corrected chi connectivity index (χ2v) is 6.09. The Labute approximate surface area is 133 Å². The molecule has 6 nitrogen and oxygen atoms in total. The molecule has 1 aromatic rings. The van der Waals surface area contributed by atoms with Gasteiger partial charge in [-0.05, 0) is 25.1 Å². The van der Waals surface area contributed by atoms with Crippen LogP contribution in [0.1, 0.15) is 13.3 Å². The molecule has 0 saturated heterocycles. The fourth-order valence-electron chi connectivity index (χ4n) is 1.93. The van der Waals surface area contributed by atoms with Gasteiger partial charge in [0.05, 0.1) is 0 Å². The summed E-state index contributed by atoms with van der Waals surface area (Å²) in [5.74, 6) is 0.853. The highest BCUT2D eigenvalue weighted by Gasteiger charge is 2.21. The minimum absolute atomic E-state index is 0.181. The number of hydrogen-bond donors (Lipinski definition) is 1. The quantitative estimate of drug-likeness (QED) is 0.805. The molecule has 1 aliphatic heterocycles. The van der Waals surface area contributed by atoms with Crippen LogP contribution in [0.4, 0.5) is 0 Å². The van der Waals surface area contributed by atoms with E-state index in [0.717, 1.165) is 16.4 Å². The summed E-state index contributed by atoms with van der Waals surface area (Å²) >= 11 is 1.53. The van der Waals surface area contributed by atoms with Crippen LogP contribution in [0, 0.1) is 0 Å². The van der Waals surface area contributed by atoms with Crippen LogP contribution in [-0.2, 0) is 9.59 Å². The first-order chi connectivity index (χ1) is 10.5. The van der Waals surface area contributed by atoms with E-state index in [9.17, 15) is 9.59 Å². The zero-order valence-corrected chi connectivity index (χ0v) is 13.4. The molecule has 0 bridgehead atoms. The summed E-state index contributed by atoms with van der Waals surface area (Å²) in [6.45, 7) is 2.59. The smallest absolute Gasteiger partial charge is 0.326 e. The van der Waals surface area contributed by atoms with Gasteiger partial charge < -0.3 is 19.5 Å². The van der Waals surface area contributed by atoms with Gasteiger partial charge in [0.1, 0.15) is 19.3 Å². The molecule has 0 aromatic heterocycles. The van der Waals surface area contributed by atoms with E-state index in [1.165, 1.54) is 30.6 Å². The number of carboxylic acids is 1. The molecule has 0 spiro atoms. The van der Waals surface area contributed by atoms with Crippen LogP contribution >= 0.6 is 11.8 Å². The number of carbonyl (C=O) groups is 2. The zero-order chi connectivity index (χ0) is 16.1. The summed E-state index contributed by atoms with van der Waals surface area (Å²) in [6.07, 6.45) is 0.285. The van der Waals surface area contributed by atoms with E-state index in [4.69, 9.17) is 14.6 Å². The lowest BCUT2D eigenvalue weighted by Crippen LogP contribution is -2.40. The van der Waals surface area contributed by atoms with Gasteiger partial charge in [0.15, 0.2) is 11.5 Å². The third-order valence-corrected chi connectivity index (χ3v) is 4.43. The number of aliphatic carboxylic acids is 1. The number of carboxylic acid groups (broad SMARTS) is 1. The molecule has 22 heavy (non-hydrogen) atoms. The molecule has 1 N–H and O–H groups in total. The molecule has 1 aromatic carbocycles. The first kappa shape index (κ1) is 16.5. The Kier molecular flexibility index (Phi) is 5.54. The normalized spacial score (nSPS) is 14.3. The summed E-state index contributed by atoms with van der Waals surface area (Å²) in [6, 6.07) is 4.86. The number of rotatable bonds is 6. The van der Waals surface area contributed by atoms with Crippen molar-refractivity contribution in [1.29, 1.82) is 0 Å². The van der Waals surface area contributed by atoms with Crippen molar-refractivity contribution in [2.45, 2.75) is 24.3 Å². The Bertz CT molecular complexity index is 563. The van der Waals surface area contributed by atoms with Crippen molar-refractivity contribution in [3.8, 4) is 11.5 Å². The van der Waals surface area contributed by atoms with Gasteiger partial charge in [-0.25, -0.2) is 4.79 Å². The second kappa shape index (κ2) is 7.40. The summed E-state index contributed by atoms with van der Waals surface area (Å²) < 4.78 is 11.0. The second-order valence-electron chi connectivity index (χ2n) is 4.92. The molecule has 1 amide bonds. The maximum Gasteiger partial charge on any atom is 0.326 e. The number of benzene rings is 1. The Morgan fingerprint density at radius 1 is 1.32 bits per heavy atom. The van der Waals surface area contributed by atoms with Gasteiger partial charge in [0.25, 0.3) is 0 Å². The number of likely N-dealkylation sites (N-methyl/N-ethyl adjacent to an activating group) is 1. The fraction of sp³-hybridized carbons (Fsp3) is 0.467. The number of carbonyl (C=O) groups excluding carboxylic acids is 1. The van der Waals surface area contributed by atoms with Crippen molar-refractivity contribution in [3.63, 3.8) is 0 Å². The Hall–Kier alpha value is -1.89. The van der Waals surface area contributed by atoms with E-state index in [1.807, 2.05) is 18.2 Å². The topological polar surface area (TPSA) is 76.1 Å². The van der Waals surface area contributed by atoms with Crippen molar-refractivity contribution in [1.82, 2.24) is 4.90 Å². The standard InChI is InChI=1S/C15H19NO5S/c1-10(15(18)19)16(2)14(17)5-8-22-11-3-4-12-13(9-11)21-7-6-20-12/h3-4,9-10H,5-8H2,1-2H3,(H,18,19). The monoisotopic (exact) mass is 325 g/mol. The minimum Gasteiger partial charge on any atom is -0.486 e. The molecule has 7 heteroatoms. The molecular formula is C15H19NO5S. The van der Waals surface area contributed by atoms with E-state index in [-0.39, 0.29) is 12.3 Å². The maximum atomic E-state index is 11.9. The van der Waals surface area contributed by atoms with Crippen LogP contribution in [0.2, 0.25) is 0 Å². The fourth-order valence-corrected chi connectivity index (χ4v) is 2.79. The third-order valence-electron chi connectivity index (χ3n) is 3.43. The van der Waals surface area contributed by atoms with Crippen LogP contribution < -0.4 is 9.47 Å². The van der Waals surface area contributed by atoms with E-state index >= 15 is 0 Å². The summed E-state index contributed by atoms with van der Waals surface area (Å²) in [5, 5.41) is 8.89. The van der Waals surface area contributed by atoms with Gasteiger partial charge in [-0.2, -0.15) is 0 Å². The molecule has 1 heterocycles. The van der Waals surface area contributed by atoms with Crippen LogP contribution in [0.5, 0.6) is 11.5 Å². The number of hydrogen-bond acceptors (Lipinski definition) is 5. The average molecular weight is 325 g/mol. The summed E-state index contributed by atoms with van der Waals surface area (Å²) in [5.41, 5.74) is 0. The molecule has 1 atom stereocenters. The van der Waals surface area contributed by atoms with E-state index in [2.05, 4.69) is 0 Å². The van der Waals surface area contributed by atoms with Crippen LogP contribution in [-0.4, -0.2) is 53.9 Å². The maximum absolute atomic E-state index is 11.9. The van der Waals surface area contributed by atoms with Crippen LogP contribution in [0.25, 0.3) is 0 Å². The van der Waals surface area contributed by atoms with Gasteiger partial charge in [0, 0.05) is 24.1 Å². The lowest BCUT2D eigenvalue weighted by Gasteiger charge is -2.21. The molecule has 1 aliphatic rings. The molecule has 120 valence electrons. The number of thioether (sulfide) groups is 1. The first-order valence-corrected chi connectivity index (χ1v) is 7.98. The Balaban J connectivity index is 1.83. The SMILES string of the molecule is CC(C(=O)O)N(C)C(=O)CCSc1ccc2c(c1)OCCO2. The van der Waals surface area contributed by atoms with Crippen LogP contribution in [0.3, 0.4) is 0 Å². The van der Waals surface area contributed by atoms with Crippen molar-refractivity contribution < 1.29 is 24.2 Å². The number of amides is 1. The predicted octanol–water partition coefficient (Wildman–Crippen LogP) is 1.87. The van der Waals surface area contributed by atoms with Gasteiger partial charge >= 0.3 is 5.97 Å². The molecule has 0 aliphatic carbocycles.